The Kier molecular flexibility index (Phi) is 33.2. The molecule has 0 fully saturated rings. The summed E-state index contributed by atoms with van der Waals surface area (Å²) >= 11 is 0. The first-order chi connectivity index (χ1) is 24.7. The third-order valence-electron chi connectivity index (χ3n) is 7.17. The molecule has 0 amide bonds. The highest BCUT2D eigenvalue weighted by Crippen LogP contribution is 2.35. The molecule has 0 aliphatic rings. The molecule has 0 aromatic rings. The number of aliphatic hydroxyl groups excluding tert-OH is 1. The van der Waals surface area contributed by atoms with Gasteiger partial charge in [0.15, 0.2) is 6.10 Å². The van der Waals surface area contributed by atoms with E-state index in [0.29, 0.717) is 25.7 Å². The van der Waals surface area contributed by atoms with E-state index in [1.807, 2.05) is 36.5 Å². The number of phosphoric ester groups is 1. The second-order valence-corrected chi connectivity index (χ2v) is 13.2. The molecule has 10 heteroatoms. The molecule has 288 valence electrons. The third kappa shape index (κ3) is 38.0. The molecule has 0 unspecified atom stereocenters. The van der Waals surface area contributed by atoms with Gasteiger partial charge >= 0.3 is 19.8 Å². The summed E-state index contributed by atoms with van der Waals surface area (Å²) in [4.78, 5) is 42.7. The predicted octanol–water partition coefficient (Wildman–Crippen LogP) is 10.0. The van der Waals surface area contributed by atoms with Crippen LogP contribution < -0.4 is 0 Å². The number of allylic oxidation sites excluding steroid dienone is 14. The zero-order valence-corrected chi connectivity index (χ0v) is 32.0. The molecule has 0 rings (SSSR count). The van der Waals surface area contributed by atoms with Gasteiger partial charge in [0.2, 0.25) is 0 Å². The standard InChI is InChI=1S/C41H65O9P/c1-3-5-7-9-11-12-13-14-15-16-17-18-23-27-31-35-41(44)50-39(37-49-51(45,46)47)36-48-40(43)34-30-26-22-20-19-21-25-29-33-38(42)32-28-24-10-8-6-4-2/h5,7,11-12,14-15,17-18,20-22,24-25,28-29,33,38-39,42H,3-4,6,8-10,13,16,19,23,26-27,30-32,34-37H2,1-2H3,(H2,45,46,47)/b7-5-,12-11-,15-14-,18-17-,22-20-,25-21-,28-24-,33-29+/t38-,39-/m1/s1. The first-order valence-corrected chi connectivity index (χ1v) is 20.2. The van der Waals surface area contributed by atoms with Crippen molar-refractivity contribution in [2.75, 3.05) is 13.2 Å². The van der Waals surface area contributed by atoms with E-state index in [0.717, 1.165) is 51.4 Å². The van der Waals surface area contributed by atoms with Gasteiger partial charge in [-0.15, -0.1) is 0 Å². The van der Waals surface area contributed by atoms with Gasteiger partial charge in [-0.2, -0.15) is 0 Å². The topological polar surface area (TPSA) is 140 Å². The van der Waals surface area contributed by atoms with Gasteiger partial charge in [-0.1, -0.05) is 124 Å². The van der Waals surface area contributed by atoms with Gasteiger partial charge < -0.3 is 24.4 Å². The van der Waals surface area contributed by atoms with Gasteiger partial charge in [0, 0.05) is 12.8 Å². The molecule has 0 aromatic heterocycles. The highest BCUT2D eigenvalue weighted by Gasteiger charge is 2.22. The average Bonchev–Trinajstić information content (AvgIpc) is 3.09. The van der Waals surface area contributed by atoms with Crippen molar-refractivity contribution >= 4 is 19.8 Å². The summed E-state index contributed by atoms with van der Waals surface area (Å²) < 4.78 is 26.2. The van der Waals surface area contributed by atoms with E-state index in [-0.39, 0.29) is 19.4 Å². The average molecular weight is 733 g/mol. The highest BCUT2D eigenvalue weighted by atomic mass is 31.2. The largest absolute Gasteiger partial charge is 0.469 e. The van der Waals surface area contributed by atoms with Crippen LogP contribution in [-0.4, -0.2) is 52.3 Å². The molecule has 0 heterocycles. The number of unbranched alkanes of at least 4 members (excludes halogenated alkanes) is 6. The Bertz CT molecular complexity index is 1160. The van der Waals surface area contributed by atoms with Crippen molar-refractivity contribution in [2.24, 2.45) is 0 Å². The summed E-state index contributed by atoms with van der Waals surface area (Å²) in [5.41, 5.74) is 0. The Morgan fingerprint density at radius 3 is 1.80 bits per heavy atom. The summed E-state index contributed by atoms with van der Waals surface area (Å²) in [7, 11) is -4.79. The first kappa shape index (κ1) is 47.9. The van der Waals surface area contributed by atoms with Crippen LogP contribution in [0.2, 0.25) is 0 Å². The second kappa shape index (κ2) is 35.3. The molecule has 0 aliphatic carbocycles. The third-order valence-corrected chi connectivity index (χ3v) is 7.65. The number of esters is 2. The number of hydrogen-bond acceptors (Lipinski definition) is 7. The lowest BCUT2D eigenvalue weighted by Gasteiger charge is -2.18. The molecular formula is C41H65O9P. The second-order valence-electron chi connectivity index (χ2n) is 12.0. The first-order valence-electron chi connectivity index (χ1n) is 18.6. The minimum Gasteiger partial charge on any atom is -0.462 e. The van der Waals surface area contributed by atoms with Crippen molar-refractivity contribution in [1.82, 2.24) is 0 Å². The van der Waals surface area contributed by atoms with E-state index in [1.54, 1.807) is 6.08 Å². The van der Waals surface area contributed by atoms with Crippen LogP contribution in [0.5, 0.6) is 0 Å². The predicted molar refractivity (Wildman–Crippen MR) is 208 cm³/mol. The highest BCUT2D eigenvalue weighted by molar-refractivity contribution is 7.46. The van der Waals surface area contributed by atoms with Gasteiger partial charge in [0.05, 0.1) is 12.7 Å². The van der Waals surface area contributed by atoms with Crippen LogP contribution in [0.1, 0.15) is 123 Å². The molecule has 0 radical (unpaired) electrons. The molecule has 0 spiro atoms. The van der Waals surface area contributed by atoms with E-state index < -0.39 is 38.6 Å². The molecule has 0 saturated carbocycles. The maximum Gasteiger partial charge on any atom is 0.469 e. The van der Waals surface area contributed by atoms with E-state index >= 15 is 0 Å². The molecule has 2 atom stereocenters. The van der Waals surface area contributed by atoms with Gasteiger partial charge in [-0.25, -0.2) is 4.57 Å². The van der Waals surface area contributed by atoms with E-state index in [9.17, 15) is 19.3 Å². The molecule has 0 aliphatic heterocycles. The Labute approximate surface area is 307 Å². The Hall–Kier alpha value is -3.07. The molecule has 51 heavy (non-hydrogen) atoms. The van der Waals surface area contributed by atoms with Crippen LogP contribution in [0, 0.1) is 0 Å². The number of hydrogen-bond donors (Lipinski definition) is 3. The van der Waals surface area contributed by atoms with Crippen molar-refractivity contribution in [1.29, 1.82) is 0 Å². The van der Waals surface area contributed by atoms with Gasteiger partial charge in [-0.3, -0.25) is 14.1 Å². The lowest BCUT2D eigenvalue weighted by molar-refractivity contribution is -0.161. The van der Waals surface area contributed by atoms with Crippen LogP contribution in [0.25, 0.3) is 0 Å². The van der Waals surface area contributed by atoms with Crippen LogP contribution >= 0.6 is 7.82 Å². The lowest BCUT2D eigenvalue weighted by Crippen LogP contribution is -2.29. The van der Waals surface area contributed by atoms with Crippen molar-refractivity contribution in [3.63, 3.8) is 0 Å². The maximum absolute atomic E-state index is 12.3. The Balaban J connectivity index is 4.24. The molecule has 0 aromatic carbocycles. The number of rotatable bonds is 32. The molecule has 0 saturated heterocycles. The smallest absolute Gasteiger partial charge is 0.462 e. The van der Waals surface area contributed by atoms with Gasteiger partial charge in [0.1, 0.15) is 6.61 Å². The summed E-state index contributed by atoms with van der Waals surface area (Å²) in [6.07, 6.45) is 44.5. The van der Waals surface area contributed by atoms with Crippen LogP contribution in [0.15, 0.2) is 97.2 Å². The zero-order valence-electron chi connectivity index (χ0n) is 31.1. The van der Waals surface area contributed by atoms with E-state index in [4.69, 9.17) is 19.3 Å². The summed E-state index contributed by atoms with van der Waals surface area (Å²) in [5.74, 6) is -1.05. The number of ether oxygens (including phenoxy) is 2. The van der Waals surface area contributed by atoms with Crippen molar-refractivity contribution in [3.05, 3.63) is 97.2 Å². The lowest BCUT2D eigenvalue weighted by atomic mass is 10.1. The normalized spacial score (nSPS) is 14.2. The maximum atomic E-state index is 12.3. The minimum atomic E-state index is -4.79. The molecule has 3 N–H and O–H groups in total. The van der Waals surface area contributed by atoms with Crippen molar-refractivity contribution in [3.8, 4) is 0 Å². The number of aliphatic hydroxyl groups is 1. The molecule has 0 bridgehead atoms. The van der Waals surface area contributed by atoms with E-state index in [1.165, 1.54) is 19.3 Å². The summed E-state index contributed by atoms with van der Waals surface area (Å²) in [6, 6.07) is 0. The van der Waals surface area contributed by atoms with Crippen LogP contribution in [0.4, 0.5) is 0 Å². The monoisotopic (exact) mass is 732 g/mol. The summed E-state index contributed by atoms with van der Waals surface area (Å²) in [6.45, 7) is 3.35. The van der Waals surface area contributed by atoms with Crippen LogP contribution in [0.3, 0.4) is 0 Å². The van der Waals surface area contributed by atoms with E-state index in [2.05, 4.69) is 73.1 Å². The quantitative estimate of drug-likeness (QED) is 0.0203. The molecule has 9 nitrogen and oxygen atoms in total. The van der Waals surface area contributed by atoms with Crippen molar-refractivity contribution < 1.29 is 43.0 Å². The van der Waals surface area contributed by atoms with Crippen LogP contribution in [-0.2, 0) is 28.2 Å². The van der Waals surface area contributed by atoms with Crippen molar-refractivity contribution in [2.45, 2.75) is 135 Å². The fourth-order valence-electron chi connectivity index (χ4n) is 4.38. The fraction of sp³-hybridized carbons (Fsp3) is 0.561. The molecular weight excluding hydrogens is 667 g/mol. The van der Waals surface area contributed by atoms with Gasteiger partial charge in [0.25, 0.3) is 0 Å². The fourth-order valence-corrected chi connectivity index (χ4v) is 4.74. The zero-order chi connectivity index (χ0) is 37.7. The number of carbonyl (C=O) groups excluding carboxylic acids is 2. The SMILES string of the molecule is CC/C=C\C/C=C\C/C=C\C/C=C\CCCCC(=O)O[C@H](COC(=O)CCC/C=C\C/C=C\C=C\[C@H](O)C/C=C\CCCCC)COP(=O)(O)O. The van der Waals surface area contributed by atoms with Gasteiger partial charge in [-0.05, 0) is 83.5 Å². The Morgan fingerprint density at radius 1 is 0.627 bits per heavy atom. The Morgan fingerprint density at radius 2 is 1.18 bits per heavy atom. The number of phosphoric acid groups is 1. The minimum absolute atomic E-state index is 0.129. The number of carbonyl (C=O) groups is 2. The summed E-state index contributed by atoms with van der Waals surface area (Å²) in [5, 5.41) is 9.98.